The molecule has 0 heterocycles. The van der Waals surface area contributed by atoms with E-state index in [4.69, 9.17) is 20.4 Å². The van der Waals surface area contributed by atoms with Crippen molar-refractivity contribution in [1.29, 1.82) is 0 Å². The third-order valence-electron chi connectivity index (χ3n) is 2.13. The first-order valence-corrected chi connectivity index (χ1v) is 6.26. The number of hydrogen-bond donors (Lipinski definition) is 4. The lowest BCUT2D eigenvalue weighted by molar-refractivity contribution is -0.0472. The van der Waals surface area contributed by atoms with Crippen molar-refractivity contribution >= 4 is 16.8 Å². The standard InChI is InChI=1S/2C6H14O2.2B/c2*1-2-3-4-5-6(7)8;;/h2*6-8H,2-5H2,1H3;;. The first-order valence-electron chi connectivity index (χ1n) is 6.26. The molecule has 0 aromatic carbocycles. The number of aliphatic hydroxyl groups excluding tert-OH is 2. The van der Waals surface area contributed by atoms with E-state index in [0.29, 0.717) is 12.8 Å². The Bertz CT molecular complexity index is 111. The van der Waals surface area contributed by atoms with Gasteiger partial charge in [-0.05, 0) is 25.7 Å². The maximum absolute atomic E-state index is 8.33. The van der Waals surface area contributed by atoms with Gasteiger partial charge in [-0.1, -0.05) is 39.5 Å². The third-order valence-corrected chi connectivity index (χ3v) is 2.13. The Hall–Kier alpha value is -0.0301. The molecule has 0 saturated carbocycles. The summed E-state index contributed by atoms with van der Waals surface area (Å²) in [5.41, 5.74) is 0. The molecular weight excluding hydrogens is 230 g/mol. The van der Waals surface area contributed by atoms with Crippen LogP contribution in [0.1, 0.15) is 65.2 Å². The van der Waals surface area contributed by atoms with Gasteiger partial charge in [0.05, 0.1) is 0 Å². The van der Waals surface area contributed by atoms with Crippen molar-refractivity contribution in [3.63, 3.8) is 0 Å². The van der Waals surface area contributed by atoms with E-state index in [1.54, 1.807) is 0 Å². The highest BCUT2D eigenvalue weighted by atomic mass is 16.5. The molecule has 0 unspecified atom stereocenters. The molecule has 6 radical (unpaired) electrons. The number of unbranched alkanes of at least 4 members (excludes halogenated alkanes) is 4. The van der Waals surface area contributed by atoms with Gasteiger partial charge in [-0.3, -0.25) is 0 Å². The van der Waals surface area contributed by atoms with Gasteiger partial charge in [-0.2, -0.15) is 0 Å². The van der Waals surface area contributed by atoms with Crippen molar-refractivity contribution in [1.82, 2.24) is 0 Å². The highest BCUT2D eigenvalue weighted by molar-refractivity contribution is 5.76. The second-order valence-corrected chi connectivity index (χ2v) is 3.95. The van der Waals surface area contributed by atoms with Crippen LogP contribution in [0.3, 0.4) is 0 Å². The lowest BCUT2D eigenvalue weighted by Gasteiger charge is -1.99. The summed E-state index contributed by atoms with van der Waals surface area (Å²) in [5, 5.41) is 33.3. The molecule has 0 bridgehead atoms. The molecule has 0 saturated heterocycles. The third kappa shape index (κ3) is 36.0. The van der Waals surface area contributed by atoms with Gasteiger partial charge in [0.1, 0.15) is 0 Å². The quantitative estimate of drug-likeness (QED) is 0.297. The molecule has 0 rings (SSSR count). The highest BCUT2D eigenvalue weighted by Gasteiger charge is 1.94. The molecule has 0 aromatic rings. The normalized spacial score (nSPS) is 9.33. The Balaban J connectivity index is -0.0000000980. The summed E-state index contributed by atoms with van der Waals surface area (Å²) in [5.74, 6) is 0. The predicted octanol–water partition coefficient (Wildman–Crippen LogP) is 0.993. The van der Waals surface area contributed by atoms with E-state index in [-0.39, 0.29) is 16.8 Å². The summed E-state index contributed by atoms with van der Waals surface area (Å²) in [6, 6.07) is 0. The van der Waals surface area contributed by atoms with Crippen LogP contribution in [0, 0.1) is 0 Å². The average molecular weight is 258 g/mol. The maximum Gasteiger partial charge on any atom is 0.151 e. The van der Waals surface area contributed by atoms with Crippen molar-refractivity contribution in [3.8, 4) is 0 Å². The first-order chi connectivity index (χ1) is 7.54. The van der Waals surface area contributed by atoms with Crippen LogP contribution in [0.15, 0.2) is 0 Å². The molecule has 0 aliphatic carbocycles. The van der Waals surface area contributed by atoms with Crippen LogP contribution >= 0.6 is 0 Å². The summed E-state index contributed by atoms with van der Waals surface area (Å²) >= 11 is 0. The van der Waals surface area contributed by atoms with E-state index in [9.17, 15) is 0 Å². The van der Waals surface area contributed by atoms with Crippen LogP contribution in [0.5, 0.6) is 0 Å². The Kier molecular flexibility index (Phi) is 32.7. The van der Waals surface area contributed by atoms with Gasteiger partial charge in [-0.15, -0.1) is 0 Å². The van der Waals surface area contributed by atoms with Crippen molar-refractivity contribution in [2.75, 3.05) is 0 Å². The Labute approximate surface area is 116 Å². The first kappa shape index (κ1) is 26.5. The topological polar surface area (TPSA) is 80.9 Å². The Morgan fingerprint density at radius 2 is 0.889 bits per heavy atom. The zero-order valence-electron chi connectivity index (χ0n) is 11.8. The van der Waals surface area contributed by atoms with Crippen LogP contribution in [0.25, 0.3) is 0 Å². The molecule has 0 fully saturated rings. The van der Waals surface area contributed by atoms with Crippen molar-refractivity contribution in [3.05, 3.63) is 0 Å². The van der Waals surface area contributed by atoms with Crippen molar-refractivity contribution < 1.29 is 20.4 Å². The fraction of sp³-hybridized carbons (Fsp3) is 1.00. The van der Waals surface area contributed by atoms with E-state index < -0.39 is 12.6 Å². The zero-order chi connectivity index (χ0) is 12.8. The number of rotatable bonds is 8. The van der Waals surface area contributed by atoms with Gasteiger partial charge in [0.25, 0.3) is 0 Å². The Morgan fingerprint density at radius 3 is 1.06 bits per heavy atom. The van der Waals surface area contributed by atoms with E-state index in [0.717, 1.165) is 38.5 Å². The average Bonchev–Trinajstić information content (AvgIpc) is 2.18. The monoisotopic (exact) mass is 258 g/mol. The van der Waals surface area contributed by atoms with Crippen LogP contribution in [0.4, 0.5) is 0 Å². The second kappa shape index (κ2) is 22.2. The zero-order valence-corrected chi connectivity index (χ0v) is 11.8. The molecular formula is C12H28B2O4. The molecule has 0 aliphatic heterocycles. The lowest BCUT2D eigenvalue weighted by Crippen LogP contribution is -2.02. The molecule has 0 atom stereocenters. The van der Waals surface area contributed by atoms with E-state index >= 15 is 0 Å². The molecule has 106 valence electrons. The number of hydrogen-bond acceptors (Lipinski definition) is 4. The van der Waals surface area contributed by atoms with Crippen LogP contribution < -0.4 is 0 Å². The smallest absolute Gasteiger partial charge is 0.151 e. The summed E-state index contributed by atoms with van der Waals surface area (Å²) in [6.07, 6.45) is 5.15. The Morgan fingerprint density at radius 1 is 0.611 bits per heavy atom. The molecule has 4 N–H and O–H groups in total. The van der Waals surface area contributed by atoms with E-state index in [1.807, 2.05) is 0 Å². The highest BCUT2D eigenvalue weighted by Crippen LogP contribution is 2.00. The van der Waals surface area contributed by atoms with Gasteiger partial charge in [0.2, 0.25) is 0 Å². The van der Waals surface area contributed by atoms with Crippen molar-refractivity contribution in [2.24, 2.45) is 0 Å². The van der Waals surface area contributed by atoms with Crippen LogP contribution in [-0.4, -0.2) is 49.8 Å². The fourth-order valence-corrected chi connectivity index (χ4v) is 1.15. The summed E-state index contributed by atoms with van der Waals surface area (Å²) in [4.78, 5) is 0. The van der Waals surface area contributed by atoms with E-state index in [2.05, 4.69) is 13.8 Å². The minimum atomic E-state index is -1.10. The summed E-state index contributed by atoms with van der Waals surface area (Å²) < 4.78 is 0. The molecule has 18 heavy (non-hydrogen) atoms. The minimum Gasteiger partial charge on any atom is -0.368 e. The SMILES string of the molecule is CCCCCC(O)O.CCCCCC(O)O.[B].[B]. The minimum absolute atomic E-state index is 0. The molecule has 0 aromatic heterocycles. The molecule has 0 aliphatic rings. The van der Waals surface area contributed by atoms with Crippen LogP contribution in [-0.2, 0) is 0 Å². The molecule has 0 amide bonds. The van der Waals surface area contributed by atoms with Crippen molar-refractivity contribution in [2.45, 2.75) is 77.8 Å². The second-order valence-electron chi connectivity index (χ2n) is 3.95. The fourth-order valence-electron chi connectivity index (χ4n) is 1.15. The lowest BCUT2D eigenvalue weighted by atomic mass is 10.2. The van der Waals surface area contributed by atoms with E-state index in [1.165, 1.54) is 0 Å². The van der Waals surface area contributed by atoms with Gasteiger partial charge >= 0.3 is 0 Å². The maximum atomic E-state index is 8.33. The predicted molar refractivity (Wildman–Crippen MR) is 76.2 cm³/mol. The van der Waals surface area contributed by atoms with Gasteiger partial charge in [0, 0.05) is 16.8 Å². The largest absolute Gasteiger partial charge is 0.368 e. The molecule has 4 nitrogen and oxygen atoms in total. The van der Waals surface area contributed by atoms with Gasteiger partial charge in [-0.25, -0.2) is 0 Å². The molecule has 6 heteroatoms. The summed E-state index contributed by atoms with van der Waals surface area (Å²) in [7, 11) is 0. The number of aliphatic hydroxyl groups is 4. The van der Waals surface area contributed by atoms with Gasteiger partial charge < -0.3 is 20.4 Å². The van der Waals surface area contributed by atoms with Crippen LogP contribution in [0.2, 0.25) is 0 Å². The summed E-state index contributed by atoms with van der Waals surface area (Å²) in [6.45, 7) is 4.17. The molecule has 0 spiro atoms. The van der Waals surface area contributed by atoms with Gasteiger partial charge in [0.15, 0.2) is 12.6 Å².